The molecule has 18 heavy (non-hydrogen) atoms. The van der Waals surface area contributed by atoms with Crippen LogP contribution in [0.5, 0.6) is 0 Å². The summed E-state index contributed by atoms with van der Waals surface area (Å²) in [5.74, 6) is 0.823. The maximum Gasteiger partial charge on any atom is 0.0991 e. The molecule has 2 atom stereocenters. The number of hydrogen-bond acceptors (Lipinski definition) is 2. The highest BCUT2D eigenvalue weighted by Gasteiger charge is 2.31. The van der Waals surface area contributed by atoms with Gasteiger partial charge in [0.1, 0.15) is 0 Å². The Morgan fingerprint density at radius 1 is 1.17 bits per heavy atom. The number of benzene rings is 1. The number of hydrogen-bond donors (Lipinski definition) is 0. The quantitative estimate of drug-likeness (QED) is 0.751. The summed E-state index contributed by atoms with van der Waals surface area (Å²) in [4.78, 5) is 2.62. The average Bonchev–Trinajstić information content (AvgIpc) is 2.81. The van der Waals surface area contributed by atoms with Gasteiger partial charge in [-0.05, 0) is 42.0 Å². The molecule has 0 radical (unpaired) electrons. The average molecular weight is 240 g/mol. The molecule has 2 unspecified atom stereocenters. The Balaban J connectivity index is 1.78. The molecule has 2 heteroatoms. The molecule has 1 saturated carbocycles. The summed E-state index contributed by atoms with van der Waals surface area (Å²) < 4.78 is 0. The largest absolute Gasteiger partial charge is 0.292 e. The van der Waals surface area contributed by atoms with E-state index in [1.54, 1.807) is 0 Å². The van der Waals surface area contributed by atoms with Crippen LogP contribution in [0.1, 0.15) is 49.3 Å². The highest BCUT2D eigenvalue weighted by Crippen LogP contribution is 2.34. The first-order valence-electron chi connectivity index (χ1n) is 7.04. The van der Waals surface area contributed by atoms with Crippen molar-refractivity contribution in [1.29, 1.82) is 5.26 Å². The van der Waals surface area contributed by atoms with Crippen molar-refractivity contribution >= 4 is 0 Å². The van der Waals surface area contributed by atoms with Crippen molar-refractivity contribution in [3.63, 3.8) is 0 Å². The van der Waals surface area contributed by atoms with Gasteiger partial charge in [0.05, 0.1) is 11.6 Å². The summed E-state index contributed by atoms with van der Waals surface area (Å²) in [7, 11) is 0. The van der Waals surface area contributed by atoms with Crippen molar-refractivity contribution in [3.05, 3.63) is 34.9 Å². The van der Waals surface area contributed by atoms with Crippen LogP contribution in [-0.2, 0) is 13.1 Å². The van der Waals surface area contributed by atoms with Gasteiger partial charge < -0.3 is 0 Å². The first-order valence-corrected chi connectivity index (χ1v) is 7.04. The van der Waals surface area contributed by atoms with E-state index in [0.717, 1.165) is 30.6 Å². The molecule has 2 nitrogen and oxygen atoms in total. The van der Waals surface area contributed by atoms with Gasteiger partial charge in [0.25, 0.3) is 0 Å². The van der Waals surface area contributed by atoms with Gasteiger partial charge >= 0.3 is 0 Å². The van der Waals surface area contributed by atoms with Gasteiger partial charge in [-0.2, -0.15) is 5.26 Å². The molecule has 2 aliphatic rings. The molecule has 0 spiro atoms. The second kappa shape index (κ2) is 4.74. The minimum absolute atomic E-state index is 0.747. The van der Waals surface area contributed by atoms with Crippen LogP contribution in [0, 0.1) is 17.2 Å². The van der Waals surface area contributed by atoms with Gasteiger partial charge in [0, 0.05) is 19.1 Å². The molecular formula is C16H20N2. The van der Waals surface area contributed by atoms with E-state index in [2.05, 4.69) is 30.0 Å². The fourth-order valence-corrected chi connectivity index (χ4v) is 3.56. The molecule has 1 aliphatic heterocycles. The Hall–Kier alpha value is -1.33. The van der Waals surface area contributed by atoms with Gasteiger partial charge in [0.15, 0.2) is 0 Å². The molecule has 0 aromatic heterocycles. The van der Waals surface area contributed by atoms with Gasteiger partial charge in [0.2, 0.25) is 0 Å². The molecule has 0 bridgehead atoms. The van der Waals surface area contributed by atoms with Gasteiger partial charge in [-0.25, -0.2) is 0 Å². The normalized spacial score (nSPS) is 27.8. The third-order valence-electron chi connectivity index (χ3n) is 4.62. The number of rotatable bonds is 1. The summed E-state index contributed by atoms with van der Waals surface area (Å²) in [5.41, 5.74) is 3.59. The van der Waals surface area contributed by atoms with Crippen LogP contribution < -0.4 is 0 Å². The first-order chi connectivity index (χ1) is 8.78. The monoisotopic (exact) mass is 240 g/mol. The molecule has 0 amide bonds. The second-order valence-electron chi connectivity index (χ2n) is 5.83. The lowest BCUT2D eigenvalue weighted by molar-refractivity contribution is 0.110. The molecule has 0 saturated heterocycles. The maximum absolute atomic E-state index is 8.96. The number of nitrogens with zero attached hydrogens (tertiary/aromatic N) is 2. The summed E-state index contributed by atoms with van der Waals surface area (Å²) in [6.07, 6.45) is 5.50. The summed E-state index contributed by atoms with van der Waals surface area (Å²) in [6, 6.07) is 9.15. The van der Waals surface area contributed by atoms with Crippen LogP contribution in [-0.4, -0.2) is 10.9 Å². The number of fused-ring (bicyclic) bond motifs is 1. The van der Waals surface area contributed by atoms with Crippen LogP contribution in [0.25, 0.3) is 0 Å². The van der Waals surface area contributed by atoms with E-state index < -0.39 is 0 Å². The van der Waals surface area contributed by atoms with Crippen molar-refractivity contribution in [2.24, 2.45) is 5.92 Å². The van der Waals surface area contributed by atoms with Crippen molar-refractivity contribution in [2.45, 2.75) is 51.7 Å². The van der Waals surface area contributed by atoms with E-state index in [9.17, 15) is 0 Å². The highest BCUT2D eigenvalue weighted by atomic mass is 15.2. The summed E-state index contributed by atoms with van der Waals surface area (Å²) in [6.45, 7) is 4.52. The fraction of sp³-hybridized carbons (Fsp3) is 0.562. The van der Waals surface area contributed by atoms with E-state index in [1.165, 1.54) is 36.8 Å². The zero-order valence-electron chi connectivity index (χ0n) is 11.0. The second-order valence-corrected chi connectivity index (χ2v) is 5.83. The highest BCUT2D eigenvalue weighted by molar-refractivity contribution is 5.40. The Bertz CT molecular complexity index is 486. The Labute approximate surface area is 109 Å². The fourth-order valence-electron chi connectivity index (χ4n) is 3.56. The van der Waals surface area contributed by atoms with Crippen LogP contribution in [0.4, 0.5) is 0 Å². The summed E-state index contributed by atoms with van der Waals surface area (Å²) >= 11 is 0. The van der Waals surface area contributed by atoms with Crippen molar-refractivity contribution < 1.29 is 0 Å². The molecule has 1 heterocycles. The zero-order valence-corrected chi connectivity index (χ0v) is 11.0. The van der Waals surface area contributed by atoms with Gasteiger partial charge in [-0.1, -0.05) is 25.8 Å². The smallest absolute Gasteiger partial charge is 0.0991 e. The molecule has 94 valence electrons. The molecular weight excluding hydrogens is 220 g/mol. The molecule has 3 rings (SSSR count). The van der Waals surface area contributed by atoms with Crippen molar-refractivity contribution in [2.75, 3.05) is 0 Å². The van der Waals surface area contributed by atoms with E-state index >= 15 is 0 Å². The van der Waals surface area contributed by atoms with E-state index in [1.807, 2.05) is 6.07 Å². The van der Waals surface area contributed by atoms with E-state index in [0.29, 0.717) is 0 Å². The molecule has 1 aromatic rings. The Morgan fingerprint density at radius 3 is 2.72 bits per heavy atom. The van der Waals surface area contributed by atoms with Crippen molar-refractivity contribution in [3.8, 4) is 6.07 Å². The Kier molecular flexibility index (Phi) is 3.09. The standard InChI is InChI=1S/C16H20N2/c1-12-4-2-3-5-16(12)18-10-14-7-6-13(9-17)8-15(14)11-18/h6-8,12,16H,2-5,10-11H2,1H3. The van der Waals surface area contributed by atoms with Crippen LogP contribution in [0.15, 0.2) is 18.2 Å². The minimum atomic E-state index is 0.747. The molecule has 0 N–H and O–H groups in total. The lowest BCUT2D eigenvalue weighted by atomic mass is 9.85. The maximum atomic E-state index is 8.96. The van der Waals surface area contributed by atoms with Crippen LogP contribution in [0.2, 0.25) is 0 Å². The first kappa shape index (κ1) is 11.7. The van der Waals surface area contributed by atoms with Crippen LogP contribution in [0.3, 0.4) is 0 Å². The predicted molar refractivity (Wildman–Crippen MR) is 71.8 cm³/mol. The Morgan fingerprint density at radius 2 is 1.94 bits per heavy atom. The predicted octanol–water partition coefficient (Wildman–Crippen LogP) is 3.45. The summed E-state index contributed by atoms with van der Waals surface area (Å²) in [5, 5.41) is 8.96. The van der Waals surface area contributed by atoms with Crippen molar-refractivity contribution in [1.82, 2.24) is 4.90 Å². The SMILES string of the molecule is CC1CCCCC1N1Cc2ccc(C#N)cc2C1. The topological polar surface area (TPSA) is 27.0 Å². The van der Waals surface area contributed by atoms with E-state index in [-0.39, 0.29) is 0 Å². The minimum Gasteiger partial charge on any atom is -0.292 e. The molecule has 1 fully saturated rings. The zero-order chi connectivity index (χ0) is 12.5. The lowest BCUT2D eigenvalue weighted by Gasteiger charge is -2.36. The van der Waals surface area contributed by atoms with Gasteiger partial charge in [-0.3, -0.25) is 4.90 Å². The molecule has 1 aliphatic carbocycles. The molecule has 1 aromatic carbocycles. The van der Waals surface area contributed by atoms with Crippen LogP contribution >= 0.6 is 0 Å². The van der Waals surface area contributed by atoms with E-state index in [4.69, 9.17) is 5.26 Å². The lowest BCUT2D eigenvalue weighted by Crippen LogP contribution is -2.38. The third kappa shape index (κ3) is 2.04. The third-order valence-corrected chi connectivity index (χ3v) is 4.62. The number of nitriles is 1. The van der Waals surface area contributed by atoms with Gasteiger partial charge in [-0.15, -0.1) is 0 Å².